The summed E-state index contributed by atoms with van der Waals surface area (Å²) in [6, 6.07) is 10.6. The lowest BCUT2D eigenvalue weighted by Gasteiger charge is -2.17. The molecule has 5 heteroatoms. The Morgan fingerprint density at radius 1 is 1.25 bits per heavy atom. The van der Waals surface area contributed by atoms with Crippen LogP contribution in [0.5, 0.6) is 5.75 Å². The van der Waals surface area contributed by atoms with Crippen LogP contribution in [0.1, 0.15) is 18.5 Å². The molecule has 0 amide bonds. The fraction of sp³-hybridized carbons (Fsp3) is 0.200. The summed E-state index contributed by atoms with van der Waals surface area (Å²) in [5.74, 6) is -0.124. The maximum atomic E-state index is 13.4. The van der Waals surface area contributed by atoms with Crippen LogP contribution >= 0.6 is 34.2 Å². The van der Waals surface area contributed by atoms with Crippen molar-refractivity contribution in [3.05, 3.63) is 56.4 Å². The molecule has 0 aliphatic heterocycles. The number of nitrogens with one attached hydrogen (secondary N) is 1. The Morgan fingerprint density at radius 3 is 2.65 bits per heavy atom. The minimum absolute atomic E-state index is 0.0120. The molecule has 2 aromatic rings. The first-order valence-electron chi connectivity index (χ1n) is 6.06. The van der Waals surface area contributed by atoms with E-state index in [1.807, 2.05) is 25.1 Å². The highest BCUT2D eigenvalue weighted by Gasteiger charge is 2.11. The Labute approximate surface area is 136 Å². The Hall–Kier alpha value is -1.01. The SMILES string of the molecule is COc1cc(C(C)Nc2ccc(I)cc2Cl)ccc1F. The first kappa shape index (κ1) is 15.4. The summed E-state index contributed by atoms with van der Waals surface area (Å²) in [5, 5.41) is 3.98. The predicted octanol–water partition coefficient (Wildman–Crippen LogP) is 5.27. The van der Waals surface area contributed by atoms with Crippen LogP contribution in [0.2, 0.25) is 5.02 Å². The van der Waals surface area contributed by atoms with Gasteiger partial charge in [0.05, 0.1) is 17.8 Å². The van der Waals surface area contributed by atoms with E-state index in [0.29, 0.717) is 5.02 Å². The summed E-state index contributed by atoms with van der Waals surface area (Å²) in [5.41, 5.74) is 1.78. The van der Waals surface area contributed by atoms with Gasteiger partial charge in [-0.05, 0) is 65.4 Å². The van der Waals surface area contributed by atoms with Gasteiger partial charge in [0.25, 0.3) is 0 Å². The van der Waals surface area contributed by atoms with E-state index < -0.39 is 0 Å². The van der Waals surface area contributed by atoms with E-state index in [1.165, 1.54) is 13.2 Å². The lowest BCUT2D eigenvalue weighted by atomic mass is 10.1. The van der Waals surface area contributed by atoms with Crippen LogP contribution in [-0.4, -0.2) is 7.11 Å². The molecular formula is C15H14ClFINO. The number of anilines is 1. The van der Waals surface area contributed by atoms with Crippen molar-refractivity contribution in [1.82, 2.24) is 0 Å². The van der Waals surface area contributed by atoms with Crippen LogP contribution in [0.15, 0.2) is 36.4 Å². The molecule has 0 saturated carbocycles. The van der Waals surface area contributed by atoms with Gasteiger partial charge in [-0.25, -0.2) is 4.39 Å². The van der Waals surface area contributed by atoms with Gasteiger partial charge in [0.2, 0.25) is 0 Å². The molecule has 0 aliphatic carbocycles. The highest BCUT2D eigenvalue weighted by molar-refractivity contribution is 14.1. The van der Waals surface area contributed by atoms with Gasteiger partial charge in [-0.3, -0.25) is 0 Å². The standard InChI is InChI=1S/C15H14ClFINO/c1-9(10-3-5-13(17)15(7-10)20-2)19-14-6-4-11(18)8-12(14)16/h3-9,19H,1-2H3. The van der Waals surface area contributed by atoms with Crippen molar-refractivity contribution in [2.24, 2.45) is 0 Å². The zero-order valence-corrected chi connectivity index (χ0v) is 14.0. The minimum Gasteiger partial charge on any atom is -0.494 e. The maximum absolute atomic E-state index is 13.4. The van der Waals surface area contributed by atoms with Gasteiger partial charge in [-0.2, -0.15) is 0 Å². The molecule has 0 fully saturated rings. The maximum Gasteiger partial charge on any atom is 0.165 e. The van der Waals surface area contributed by atoms with E-state index in [0.717, 1.165) is 14.8 Å². The molecular weight excluding hydrogens is 392 g/mol. The normalized spacial score (nSPS) is 12.1. The van der Waals surface area contributed by atoms with Gasteiger partial charge < -0.3 is 10.1 Å². The van der Waals surface area contributed by atoms with E-state index in [4.69, 9.17) is 16.3 Å². The van der Waals surface area contributed by atoms with Crippen molar-refractivity contribution in [3.63, 3.8) is 0 Å². The Bertz CT molecular complexity index is 621. The largest absolute Gasteiger partial charge is 0.494 e. The monoisotopic (exact) mass is 405 g/mol. The lowest BCUT2D eigenvalue weighted by molar-refractivity contribution is 0.385. The molecule has 2 rings (SSSR count). The molecule has 0 spiro atoms. The molecule has 0 aromatic heterocycles. The molecule has 1 unspecified atom stereocenters. The summed E-state index contributed by atoms with van der Waals surface area (Å²) < 4.78 is 19.5. The number of hydrogen-bond acceptors (Lipinski definition) is 2. The third kappa shape index (κ3) is 3.55. The smallest absolute Gasteiger partial charge is 0.165 e. The van der Waals surface area contributed by atoms with Crippen molar-refractivity contribution in [2.75, 3.05) is 12.4 Å². The zero-order chi connectivity index (χ0) is 14.7. The van der Waals surface area contributed by atoms with E-state index in [9.17, 15) is 4.39 Å². The Balaban J connectivity index is 2.21. The van der Waals surface area contributed by atoms with Gasteiger partial charge in [-0.15, -0.1) is 0 Å². The molecule has 106 valence electrons. The molecule has 1 N–H and O–H groups in total. The molecule has 0 saturated heterocycles. The Morgan fingerprint density at radius 2 is 2.00 bits per heavy atom. The number of rotatable bonds is 4. The van der Waals surface area contributed by atoms with Gasteiger partial charge >= 0.3 is 0 Å². The molecule has 1 atom stereocenters. The predicted molar refractivity (Wildman–Crippen MR) is 89.2 cm³/mol. The van der Waals surface area contributed by atoms with Crippen molar-refractivity contribution < 1.29 is 9.13 Å². The first-order chi connectivity index (χ1) is 9.51. The van der Waals surface area contributed by atoms with Crippen molar-refractivity contribution in [3.8, 4) is 5.75 Å². The molecule has 0 heterocycles. The summed E-state index contributed by atoms with van der Waals surface area (Å²) in [4.78, 5) is 0. The van der Waals surface area contributed by atoms with Crippen molar-refractivity contribution in [2.45, 2.75) is 13.0 Å². The van der Waals surface area contributed by atoms with Crippen LogP contribution in [-0.2, 0) is 0 Å². The number of ether oxygens (including phenoxy) is 1. The van der Waals surface area contributed by atoms with Gasteiger partial charge in [0.1, 0.15) is 0 Å². The van der Waals surface area contributed by atoms with Crippen LogP contribution in [0.3, 0.4) is 0 Å². The van der Waals surface area contributed by atoms with Crippen molar-refractivity contribution >= 4 is 39.9 Å². The van der Waals surface area contributed by atoms with Crippen LogP contribution in [0.4, 0.5) is 10.1 Å². The number of methoxy groups -OCH3 is 1. The van der Waals surface area contributed by atoms with Gasteiger partial charge in [0.15, 0.2) is 11.6 Å². The highest BCUT2D eigenvalue weighted by Crippen LogP contribution is 2.29. The Kier molecular flexibility index (Phi) is 5.10. The third-order valence-corrected chi connectivity index (χ3v) is 3.96. The van der Waals surface area contributed by atoms with Crippen LogP contribution in [0.25, 0.3) is 0 Å². The molecule has 0 aliphatic rings. The summed E-state index contributed by atoms with van der Waals surface area (Å²) in [6.07, 6.45) is 0. The lowest BCUT2D eigenvalue weighted by Crippen LogP contribution is -2.07. The zero-order valence-electron chi connectivity index (χ0n) is 11.1. The van der Waals surface area contributed by atoms with Crippen LogP contribution in [0, 0.1) is 9.39 Å². The van der Waals surface area contributed by atoms with E-state index in [2.05, 4.69) is 27.9 Å². The molecule has 20 heavy (non-hydrogen) atoms. The quantitative estimate of drug-likeness (QED) is 0.700. The van der Waals surface area contributed by atoms with E-state index >= 15 is 0 Å². The highest BCUT2D eigenvalue weighted by atomic mass is 127. The second-order valence-electron chi connectivity index (χ2n) is 4.38. The average molecular weight is 406 g/mol. The van der Waals surface area contributed by atoms with Gasteiger partial charge in [0, 0.05) is 9.61 Å². The minimum atomic E-state index is -0.365. The second-order valence-corrected chi connectivity index (χ2v) is 6.04. The third-order valence-electron chi connectivity index (χ3n) is 2.98. The van der Waals surface area contributed by atoms with E-state index in [1.54, 1.807) is 12.1 Å². The number of hydrogen-bond donors (Lipinski definition) is 1. The topological polar surface area (TPSA) is 21.3 Å². The fourth-order valence-corrected chi connectivity index (χ4v) is 2.78. The van der Waals surface area contributed by atoms with E-state index in [-0.39, 0.29) is 17.6 Å². The fourth-order valence-electron chi connectivity index (χ4n) is 1.87. The van der Waals surface area contributed by atoms with Crippen molar-refractivity contribution in [1.29, 1.82) is 0 Å². The average Bonchev–Trinajstić information content (AvgIpc) is 2.42. The first-order valence-corrected chi connectivity index (χ1v) is 7.52. The summed E-state index contributed by atoms with van der Waals surface area (Å²) >= 11 is 8.40. The second kappa shape index (κ2) is 6.63. The summed E-state index contributed by atoms with van der Waals surface area (Å²) in [6.45, 7) is 1.99. The summed E-state index contributed by atoms with van der Waals surface area (Å²) in [7, 11) is 1.45. The number of benzene rings is 2. The van der Waals surface area contributed by atoms with Gasteiger partial charge in [-0.1, -0.05) is 17.7 Å². The molecule has 2 nitrogen and oxygen atoms in total. The molecule has 0 radical (unpaired) electrons. The van der Waals surface area contributed by atoms with Crippen LogP contribution < -0.4 is 10.1 Å². The molecule has 0 bridgehead atoms. The number of halogens is 3. The molecule has 2 aromatic carbocycles.